The third kappa shape index (κ3) is 4.20. The van der Waals surface area contributed by atoms with Crippen LogP contribution < -0.4 is 8.92 Å². The molecule has 0 aliphatic carbocycles. The number of hydrogen-bond donors (Lipinski definition) is 0. The fourth-order valence-corrected chi connectivity index (χ4v) is 2.79. The van der Waals surface area contributed by atoms with Gasteiger partial charge in [-0.1, -0.05) is 30.4 Å². The third-order valence-electron chi connectivity index (χ3n) is 2.97. The first-order chi connectivity index (χ1) is 10.8. The predicted octanol–water partition coefficient (Wildman–Crippen LogP) is 3.33. The van der Waals surface area contributed by atoms with Crippen LogP contribution in [0.3, 0.4) is 0 Å². The van der Waals surface area contributed by atoms with Crippen molar-refractivity contribution >= 4 is 22.2 Å². The zero-order valence-corrected chi connectivity index (χ0v) is 13.6. The maximum absolute atomic E-state index is 12.2. The van der Waals surface area contributed by atoms with Crippen molar-refractivity contribution in [3.63, 3.8) is 0 Å². The first kappa shape index (κ1) is 16.8. The van der Waals surface area contributed by atoms with Crippen LogP contribution >= 0.6 is 0 Å². The number of ether oxygens (including phenoxy) is 1. The summed E-state index contributed by atoms with van der Waals surface area (Å²) in [5.41, 5.74) is 1.40. The zero-order valence-electron chi connectivity index (χ0n) is 12.8. The lowest BCUT2D eigenvalue weighted by Crippen LogP contribution is -2.10. The average Bonchev–Trinajstić information content (AvgIpc) is 2.48. The molecule has 0 heterocycles. The van der Waals surface area contributed by atoms with Crippen molar-refractivity contribution in [1.82, 2.24) is 0 Å². The summed E-state index contributed by atoms with van der Waals surface area (Å²) in [4.78, 5) is 11.1. The van der Waals surface area contributed by atoms with Gasteiger partial charge in [0.1, 0.15) is 16.4 Å². The van der Waals surface area contributed by atoms with Gasteiger partial charge in [-0.05, 0) is 37.3 Å². The normalized spacial score (nSPS) is 10.9. The molecule has 23 heavy (non-hydrogen) atoms. The molecule has 2 aromatic carbocycles. The first-order valence-electron chi connectivity index (χ1n) is 6.78. The van der Waals surface area contributed by atoms with Gasteiger partial charge in [-0.2, -0.15) is 8.42 Å². The third-order valence-corrected chi connectivity index (χ3v) is 4.23. The second kappa shape index (κ2) is 6.66. The maximum Gasteiger partial charge on any atom is 0.339 e. The minimum atomic E-state index is -3.93. The van der Waals surface area contributed by atoms with Gasteiger partial charge in [-0.3, -0.25) is 4.79 Å². The van der Waals surface area contributed by atoms with E-state index < -0.39 is 16.1 Å². The van der Waals surface area contributed by atoms with E-state index >= 15 is 0 Å². The second-order valence-corrected chi connectivity index (χ2v) is 6.39. The summed E-state index contributed by atoms with van der Waals surface area (Å²) < 4.78 is 34.6. The molecule has 0 saturated carbocycles. The van der Waals surface area contributed by atoms with E-state index in [0.29, 0.717) is 5.56 Å². The number of carbonyl (C=O) groups is 1. The van der Waals surface area contributed by atoms with Gasteiger partial charge in [0.2, 0.25) is 0 Å². The lowest BCUT2D eigenvalue weighted by atomic mass is 10.2. The Morgan fingerprint density at radius 3 is 2.35 bits per heavy atom. The van der Waals surface area contributed by atoms with Gasteiger partial charge in [0, 0.05) is 12.5 Å². The van der Waals surface area contributed by atoms with E-state index in [0.717, 1.165) is 5.56 Å². The highest BCUT2D eigenvalue weighted by atomic mass is 32.2. The van der Waals surface area contributed by atoms with E-state index in [1.54, 1.807) is 12.1 Å². The number of hydrogen-bond acceptors (Lipinski definition) is 5. The number of aryl methyl sites for hydroxylation is 1. The van der Waals surface area contributed by atoms with Crippen molar-refractivity contribution in [2.24, 2.45) is 0 Å². The largest absolute Gasteiger partial charge is 0.426 e. The first-order valence-corrected chi connectivity index (χ1v) is 8.19. The standard InChI is InChI=1S/C17H16O5S/c1-4-14-11-15(7-10-17(14)21-13(3)18)22-23(19,20)16-8-5-12(2)6-9-16/h4-11H,1H2,2-3H3. The summed E-state index contributed by atoms with van der Waals surface area (Å²) in [6.07, 6.45) is 1.45. The van der Waals surface area contributed by atoms with Crippen molar-refractivity contribution < 1.29 is 22.1 Å². The topological polar surface area (TPSA) is 69.7 Å². The molecule has 0 saturated heterocycles. The Balaban J connectivity index is 2.30. The van der Waals surface area contributed by atoms with Gasteiger partial charge in [0.25, 0.3) is 0 Å². The highest BCUT2D eigenvalue weighted by molar-refractivity contribution is 7.87. The van der Waals surface area contributed by atoms with Gasteiger partial charge in [0.15, 0.2) is 0 Å². The summed E-state index contributed by atoms with van der Waals surface area (Å²) in [7, 11) is -3.93. The molecule has 0 atom stereocenters. The summed E-state index contributed by atoms with van der Waals surface area (Å²) in [6.45, 7) is 6.75. The average molecular weight is 332 g/mol. The summed E-state index contributed by atoms with van der Waals surface area (Å²) in [6, 6.07) is 10.6. The van der Waals surface area contributed by atoms with Gasteiger partial charge >= 0.3 is 16.1 Å². The van der Waals surface area contributed by atoms with Gasteiger partial charge < -0.3 is 8.92 Å². The minimum Gasteiger partial charge on any atom is -0.426 e. The molecule has 6 heteroatoms. The molecule has 0 spiro atoms. The molecule has 0 unspecified atom stereocenters. The predicted molar refractivity (Wildman–Crippen MR) is 86.8 cm³/mol. The monoisotopic (exact) mass is 332 g/mol. The highest BCUT2D eigenvalue weighted by Gasteiger charge is 2.17. The van der Waals surface area contributed by atoms with Crippen molar-refractivity contribution in [3.8, 4) is 11.5 Å². The van der Waals surface area contributed by atoms with Crippen LogP contribution in [0.15, 0.2) is 53.9 Å². The molecule has 0 N–H and O–H groups in total. The summed E-state index contributed by atoms with van der Waals surface area (Å²) in [5.74, 6) is -0.0852. The molecule has 0 aliphatic rings. The number of esters is 1. The van der Waals surface area contributed by atoms with Gasteiger partial charge in [-0.15, -0.1) is 0 Å². The van der Waals surface area contributed by atoms with Crippen LogP contribution in [-0.4, -0.2) is 14.4 Å². The molecule has 5 nitrogen and oxygen atoms in total. The number of carbonyl (C=O) groups excluding carboxylic acids is 1. The minimum absolute atomic E-state index is 0.0623. The molecule has 0 radical (unpaired) electrons. The Morgan fingerprint density at radius 2 is 1.78 bits per heavy atom. The molecule has 0 aromatic heterocycles. The van der Waals surface area contributed by atoms with Crippen LogP contribution in [0.25, 0.3) is 6.08 Å². The number of rotatable bonds is 5. The van der Waals surface area contributed by atoms with Crippen LogP contribution in [0.5, 0.6) is 11.5 Å². The fourth-order valence-electron chi connectivity index (χ4n) is 1.87. The van der Waals surface area contributed by atoms with E-state index in [4.69, 9.17) is 8.92 Å². The molecule has 0 bridgehead atoms. The Labute approximate surface area is 135 Å². The van der Waals surface area contributed by atoms with Crippen molar-refractivity contribution in [2.45, 2.75) is 18.7 Å². The van der Waals surface area contributed by atoms with E-state index in [1.165, 1.54) is 43.3 Å². The molecule has 0 amide bonds. The molecular weight excluding hydrogens is 316 g/mol. The Hall–Kier alpha value is -2.60. The van der Waals surface area contributed by atoms with E-state index in [1.807, 2.05) is 6.92 Å². The molecule has 0 aliphatic heterocycles. The van der Waals surface area contributed by atoms with Crippen molar-refractivity contribution in [2.75, 3.05) is 0 Å². The second-order valence-electron chi connectivity index (χ2n) is 4.85. The van der Waals surface area contributed by atoms with Crippen LogP contribution in [0.1, 0.15) is 18.1 Å². The SMILES string of the molecule is C=Cc1cc(OS(=O)(=O)c2ccc(C)cc2)ccc1OC(C)=O. The molecule has 120 valence electrons. The van der Waals surface area contributed by atoms with Crippen molar-refractivity contribution in [3.05, 3.63) is 60.2 Å². The Kier molecular flexibility index (Phi) is 4.86. The Bertz CT molecular complexity index is 836. The molecule has 2 aromatic rings. The Morgan fingerprint density at radius 1 is 1.13 bits per heavy atom. The van der Waals surface area contributed by atoms with Crippen LogP contribution in [0.4, 0.5) is 0 Å². The van der Waals surface area contributed by atoms with Gasteiger partial charge in [-0.25, -0.2) is 0 Å². The highest BCUT2D eigenvalue weighted by Crippen LogP contribution is 2.27. The van der Waals surface area contributed by atoms with Crippen molar-refractivity contribution in [1.29, 1.82) is 0 Å². The maximum atomic E-state index is 12.2. The summed E-state index contributed by atoms with van der Waals surface area (Å²) in [5, 5.41) is 0. The smallest absolute Gasteiger partial charge is 0.339 e. The van der Waals surface area contributed by atoms with Crippen LogP contribution in [-0.2, 0) is 14.9 Å². The van der Waals surface area contributed by atoms with E-state index in [2.05, 4.69) is 6.58 Å². The number of benzene rings is 2. The quantitative estimate of drug-likeness (QED) is 0.477. The van der Waals surface area contributed by atoms with Gasteiger partial charge in [0.05, 0.1) is 0 Å². The van der Waals surface area contributed by atoms with E-state index in [-0.39, 0.29) is 16.4 Å². The molecular formula is C17H16O5S. The van der Waals surface area contributed by atoms with Crippen LogP contribution in [0.2, 0.25) is 0 Å². The fraction of sp³-hybridized carbons (Fsp3) is 0.118. The molecule has 0 fully saturated rings. The molecule has 2 rings (SSSR count). The van der Waals surface area contributed by atoms with E-state index in [9.17, 15) is 13.2 Å². The van der Waals surface area contributed by atoms with Crippen LogP contribution in [0, 0.1) is 6.92 Å². The zero-order chi connectivity index (χ0) is 17.0. The lowest BCUT2D eigenvalue weighted by molar-refractivity contribution is -0.131. The lowest BCUT2D eigenvalue weighted by Gasteiger charge is -2.10. The summed E-state index contributed by atoms with van der Waals surface area (Å²) >= 11 is 0.